The zero-order valence-electron chi connectivity index (χ0n) is 32.6. The molecule has 0 N–H and O–H groups in total. The van der Waals surface area contributed by atoms with Crippen molar-refractivity contribution in [3.63, 3.8) is 0 Å². The molecule has 8 aromatic carbocycles. The molecule has 0 radical (unpaired) electrons. The molecule has 0 amide bonds. The van der Waals surface area contributed by atoms with E-state index in [2.05, 4.69) is 196 Å². The lowest BCUT2D eigenvalue weighted by Gasteiger charge is -2.30. The topological polar surface area (TPSA) is 43.1 Å². The number of hydrogen-bond donors (Lipinski definition) is 0. The zero-order valence-corrected chi connectivity index (χ0v) is 32.6. The number of fused-ring (bicyclic) bond motifs is 16. The molecule has 59 heavy (non-hydrogen) atoms. The first-order valence-electron chi connectivity index (χ1n) is 20.4. The van der Waals surface area contributed by atoms with Crippen LogP contribution < -0.4 is 0 Å². The van der Waals surface area contributed by atoms with Gasteiger partial charge in [-0.3, -0.25) is 0 Å². The smallest absolute Gasteiger partial charge is 0.210 e. The summed E-state index contributed by atoms with van der Waals surface area (Å²) in [7, 11) is 0. The first kappa shape index (κ1) is 32.6. The summed E-state index contributed by atoms with van der Waals surface area (Å²) in [6.07, 6.45) is 0. The van der Waals surface area contributed by atoms with Gasteiger partial charge in [-0.05, 0) is 102 Å². The van der Waals surface area contributed by atoms with Crippen molar-refractivity contribution in [2.75, 3.05) is 0 Å². The molecule has 2 aromatic heterocycles. The first-order chi connectivity index (χ1) is 29.0. The molecule has 0 saturated heterocycles. The number of nitrogens with zero attached hydrogens (tertiary/aromatic N) is 4. The maximum atomic E-state index is 5.25. The third-order valence-electron chi connectivity index (χ3n) is 13.5. The lowest BCUT2D eigenvalue weighted by Crippen LogP contribution is -2.25. The Labute approximate surface area is 342 Å². The molecule has 10 aromatic rings. The van der Waals surface area contributed by atoms with Crippen LogP contribution in [0.15, 0.2) is 182 Å². The van der Waals surface area contributed by atoms with Crippen molar-refractivity contribution in [3.05, 3.63) is 215 Å². The SMILES string of the molecule is CC1(C)c2ccccc2-c2ccc(-c3nc4nc(-c5cccc(-c6ccc7c(c6)C6(c8ccccc8-c8ccccc86)c6ccccc6-7)c5)nn4c4ccccc34)cc21. The van der Waals surface area contributed by atoms with Gasteiger partial charge in [-0.15, -0.1) is 5.10 Å². The summed E-state index contributed by atoms with van der Waals surface area (Å²) in [5.74, 6) is 1.23. The molecule has 13 rings (SSSR count). The second-order valence-corrected chi connectivity index (χ2v) is 16.8. The van der Waals surface area contributed by atoms with Crippen LogP contribution >= 0.6 is 0 Å². The molecule has 4 nitrogen and oxygen atoms in total. The monoisotopic (exact) mass is 752 g/mol. The van der Waals surface area contributed by atoms with Gasteiger partial charge in [0.05, 0.1) is 16.6 Å². The van der Waals surface area contributed by atoms with E-state index in [1.807, 2.05) is 4.52 Å². The molecule has 0 atom stereocenters. The highest BCUT2D eigenvalue weighted by Crippen LogP contribution is 2.63. The molecule has 0 fully saturated rings. The van der Waals surface area contributed by atoms with E-state index in [9.17, 15) is 0 Å². The molecule has 3 aliphatic carbocycles. The molecule has 0 aliphatic heterocycles. The summed E-state index contributed by atoms with van der Waals surface area (Å²) >= 11 is 0. The molecule has 3 aliphatic rings. The average Bonchev–Trinajstić information content (AvgIpc) is 4.01. The van der Waals surface area contributed by atoms with Crippen molar-refractivity contribution in [2.45, 2.75) is 24.7 Å². The third kappa shape index (κ3) is 4.25. The van der Waals surface area contributed by atoms with Crippen molar-refractivity contribution in [3.8, 4) is 67.2 Å². The van der Waals surface area contributed by atoms with Gasteiger partial charge in [0.25, 0.3) is 5.78 Å². The van der Waals surface area contributed by atoms with Gasteiger partial charge >= 0.3 is 0 Å². The van der Waals surface area contributed by atoms with E-state index in [4.69, 9.17) is 15.1 Å². The summed E-state index contributed by atoms with van der Waals surface area (Å²) in [6.45, 7) is 4.64. The first-order valence-corrected chi connectivity index (χ1v) is 20.4. The molecular formula is C55H36N4. The van der Waals surface area contributed by atoms with Crippen molar-refractivity contribution in [1.82, 2.24) is 19.6 Å². The minimum absolute atomic E-state index is 0.107. The highest BCUT2D eigenvalue weighted by Gasteiger charge is 2.51. The average molecular weight is 753 g/mol. The standard InChI is InChI=1S/C55H36N4/c1-54(2)44-21-8-3-16-37(44)41-29-27-35(32-48(41)54)51-43-20-7-12-25-50(43)59-53(56-51)57-52(58-59)36-15-13-14-33(30-36)34-26-28-42-40-19-6-11-24-47(40)55(49(42)31-34)45-22-9-4-17-38(45)39-18-5-10-23-46(39)55/h3-32H,1-2H3. The lowest BCUT2D eigenvalue weighted by molar-refractivity contribution is 0.660. The highest BCUT2D eigenvalue weighted by atomic mass is 15.3. The van der Waals surface area contributed by atoms with Gasteiger partial charge in [0, 0.05) is 21.9 Å². The van der Waals surface area contributed by atoms with E-state index >= 15 is 0 Å². The summed E-state index contributed by atoms with van der Waals surface area (Å²) in [6, 6.07) is 66.6. The fourth-order valence-electron chi connectivity index (χ4n) is 10.9. The van der Waals surface area contributed by atoms with E-state index in [0.29, 0.717) is 11.6 Å². The minimum Gasteiger partial charge on any atom is -0.210 e. The van der Waals surface area contributed by atoms with Gasteiger partial charge in [-0.2, -0.15) is 9.50 Å². The van der Waals surface area contributed by atoms with Crippen molar-refractivity contribution >= 4 is 16.7 Å². The molecule has 1 spiro atoms. The zero-order chi connectivity index (χ0) is 39.0. The van der Waals surface area contributed by atoms with Crippen LogP contribution in [0.2, 0.25) is 0 Å². The van der Waals surface area contributed by atoms with Crippen LogP contribution in [0.1, 0.15) is 47.2 Å². The van der Waals surface area contributed by atoms with E-state index in [1.165, 1.54) is 66.8 Å². The second-order valence-electron chi connectivity index (χ2n) is 16.8. The molecule has 2 heterocycles. The maximum absolute atomic E-state index is 5.25. The van der Waals surface area contributed by atoms with Crippen LogP contribution in [0, 0.1) is 0 Å². The summed E-state index contributed by atoms with van der Waals surface area (Å²) in [5, 5.41) is 6.17. The van der Waals surface area contributed by atoms with E-state index in [1.54, 1.807) is 0 Å². The number of rotatable bonds is 3. The number of aromatic nitrogens is 4. The summed E-state index contributed by atoms with van der Waals surface area (Å²) < 4.78 is 1.90. The Balaban J connectivity index is 0.940. The largest absolute Gasteiger partial charge is 0.253 e. The number of hydrogen-bond acceptors (Lipinski definition) is 3. The second kappa shape index (κ2) is 11.6. The normalized spacial score (nSPS) is 14.5. The molecular weight excluding hydrogens is 717 g/mol. The number of benzene rings is 8. The van der Waals surface area contributed by atoms with Crippen molar-refractivity contribution in [2.24, 2.45) is 0 Å². The molecule has 0 unspecified atom stereocenters. The molecule has 276 valence electrons. The Bertz CT molecular complexity index is 3380. The van der Waals surface area contributed by atoms with Gasteiger partial charge in [0.1, 0.15) is 0 Å². The predicted octanol–water partition coefficient (Wildman–Crippen LogP) is 12.9. The Morgan fingerprint density at radius 3 is 1.59 bits per heavy atom. The molecule has 0 bridgehead atoms. The fourth-order valence-corrected chi connectivity index (χ4v) is 10.9. The maximum Gasteiger partial charge on any atom is 0.253 e. The minimum atomic E-state index is -0.390. The Morgan fingerprint density at radius 2 is 0.898 bits per heavy atom. The highest BCUT2D eigenvalue weighted by molar-refractivity contribution is 5.97. The molecule has 4 heteroatoms. The summed E-state index contributed by atoms with van der Waals surface area (Å²) in [4.78, 5) is 10.4. The van der Waals surface area contributed by atoms with Crippen LogP contribution in [0.3, 0.4) is 0 Å². The lowest BCUT2D eigenvalue weighted by atomic mass is 9.70. The Kier molecular flexibility index (Phi) is 6.41. The van der Waals surface area contributed by atoms with Gasteiger partial charge in [0.2, 0.25) is 0 Å². The van der Waals surface area contributed by atoms with Gasteiger partial charge in [-0.25, -0.2) is 4.98 Å². The third-order valence-corrected chi connectivity index (χ3v) is 13.5. The summed E-state index contributed by atoms with van der Waals surface area (Å²) in [5.41, 5.74) is 21.6. The van der Waals surface area contributed by atoms with Crippen LogP contribution in [0.25, 0.3) is 83.8 Å². The predicted molar refractivity (Wildman–Crippen MR) is 238 cm³/mol. The van der Waals surface area contributed by atoms with Gasteiger partial charge in [-0.1, -0.05) is 172 Å². The molecule has 0 saturated carbocycles. The van der Waals surface area contributed by atoms with Crippen molar-refractivity contribution in [1.29, 1.82) is 0 Å². The quantitative estimate of drug-likeness (QED) is 0.180. The van der Waals surface area contributed by atoms with Gasteiger partial charge < -0.3 is 0 Å². The number of para-hydroxylation sites is 1. The van der Waals surface area contributed by atoms with Gasteiger partial charge in [0.15, 0.2) is 5.82 Å². The van der Waals surface area contributed by atoms with Crippen molar-refractivity contribution < 1.29 is 0 Å². The van der Waals surface area contributed by atoms with Crippen LogP contribution in [-0.4, -0.2) is 19.6 Å². The fraction of sp³-hybridized carbons (Fsp3) is 0.0727. The van der Waals surface area contributed by atoms with E-state index in [0.717, 1.165) is 38.9 Å². The van der Waals surface area contributed by atoms with E-state index in [-0.39, 0.29) is 10.8 Å². The van der Waals surface area contributed by atoms with E-state index < -0.39 is 0 Å². The van der Waals surface area contributed by atoms with Crippen LogP contribution in [0.5, 0.6) is 0 Å². The Morgan fingerprint density at radius 1 is 0.390 bits per heavy atom. The Hall–Kier alpha value is -7.43. The van der Waals surface area contributed by atoms with Crippen LogP contribution in [0.4, 0.5) is 0 Å². The van der Waals surface area contributed by atoms with Crippen LogP contribution in [-0.2, 0) is 10.8 Å².